The molecule has 11 heteroatoms. The minimum absolute atomic E-state index is 0.0952. The number of anilines is 2. The molecule has 0 amide bonds. The van der Waals surface area contributed by atoms with Crippen molar-refractivity contribution in [3.05, 3.63) is 47.8 Å². The van der Waals surface area contributed by atoms with Crippen LogP contribution in [0.5, 0.6) is 0 Å². The number of aliphatic imine (C=N–C) groups is 1. The summed E-state index contributed by atoms with van der Waals surface area (Å²) >= 11 is 0. The Labute approximate surface area is 233 Å². The van der Waals surface area contributed by atoms with Crippen LogP contribution in [0.4, 0.5) is 11.5 Å². The maximum Gasteiger partial charge on any atom is 0.156 e. The fraction of sp³-hybridized carbons (Fsp3) is 0.552. The monoisotopic (exact) mass is 541 g/mol. The molecule has 3 aromatic rings. The molecule has 208 valence electrons. The minimum atomic E-state index is 0.0952. The van der Waals surface area contributed by atoms with Gasteiger partial charge in [-0.2, -0.15) is 5.10 Å². The molecule has 3 fully saturated rings. The van der Waals surface area contributed by atoms with Crippen LogP contribution in [0.3, 0.4) is 0 Å². The van der Waals surface area contributed by atoms with Gasteiger partial charge in [0, 0.05) is 42.9 Å². The number of rotatable bonds is 3. The Morgan fingerprint density at radius 3 is 2.70 bits per heavy atom. The summed E-state index contributed by atoms with van der Waals surface area (Å²) in [7, 11) is 0. The van der Waals surface area contributed by atoms with Crippen LogP contribution < -0.4 is 15.5 Å². The van der Waals surface area contributed by atoms with E-state index in [0.29, 0.717) is 12.6 Å². The number of hydrogen-bond acceptors (Lipinski definition) is 10. The molecule has 40 heavy (non-hydrogen) atoms. The predicted molar refractivity (Wildman–Crippen MR) is 151 cm³/mol. The lowest BCUT2D eigenvalue weighted by atomic mass is 9.73. The van der Waals surface area contributed by atoms with E-state index >= 15 is 0 Å². The molecule has 3 saturated heterocycles. The van der Waals surface area contributed by atoms with Crippen LogP contribution in [0.15, 0.2) is 35.7 Å². The smallest absolute Gasteiger partial charge is 0.156 e. The SMILES string of the molecule is C[C@@H]1OCC2(CCN(c3cnc4c(n3)CN=C4N3CCCc4nc(-c5cnn(C6COC6)c5)ccc43)CC2)[C@@H]1N. The van der Waals surface area contributed by atoms with Crippen LogP contribution in [0.1, 0.15) is 49.3 Å². The van der Waals surface area contributed by atoms with Crippen molar-refractivity contribution in [3.8, 4) is 11.3 Å². The number of piperidine rings is 1. The molecule has 1 spiro atoms. The molecule has 0 saturated carbocycles. The quantitative estimate of drug-likeness (QED) is 0.533. The van der Waals surface area contributed by atoms with Gasteiger partial charge in [0.15, 0.2) is 5.84 Å². The van der Waals surface area contributed by atoms with E-state index in [0.717, 1.165) is 111 Å². The molecule has 5 aliphatic heterocycles. The second-order valence-electron chi connectivity index (χ2n) is 11.9. The second kappa shape index (κ2) is 9.32. The normalized spacial score (nSPS) is 25.6. The van der Waals surface area contributed by atoms with E-state index in [1.165, 1.54) is 0 Å². The number of nitrogens with zero attached hydrogens (tertiary/aromatic N) is 8. The van der Waals surface area contributed by atoms with Crippen molar-refractivity contribution >= 4 is 17.3 Å². The highest BCUT2D eigenvalue weighted by atomic mass is 16.5. The number of amidine groups is 1. The molecule has 5 aliphatic rings. The molecule has 3 aromatic heterocycles. The maximum absolute atomic E-state index is 6.52. The molecule has 2 atom stereocenters. The molecule has 0 bridgehead atoms. The Kier molecular flexibility index (Phi) is 5.68. The van der Waals surface area contributed by atoms with Crippen molar-refractivity contribution in [2.75, 3.05) is 49.3 Å². The number of hydrogen-bond donors (Lipinski definition) is 1. The van der Waals surface area contributed by atoms with Crippen LogP contribution in [-0.2, 0) is 22.4 Å². The van der Waals surface area contributed by atoms with Crippen LogP contribution in [0.2, 0.25) is 0 Å². The lowest BCUT2D eigenvalue weighted by Crippen LogP contribution is -2.50. The van der Waals surface area contributed by atoms with Gasteiger partial charge >= 0.3 is 0 Å². The molecular weight excluding hydrogens is 506 g/mol. The van der Waals surface area contributed by atoms with Crippen LogP contribution in [0.25, 0.3) is 11.3 Å². The zero-order chi connectivity index (χ0) is 26.8. The van der Waals surface area contributed by atoms with E-state index in [9.17, 15) is 0 Å². The molecule has 2 N–H and O–H groups in total. The molecule has 11 nitrogen and oxygen atoms in total. The summed E-state index contributed by atoms with van der Waals surface area (Å²) in [5.74, 6) is 1.84. The Hall–Kier alpha value is -3.41. The van der Waals surface area contributed by atoms with Gasteiger partial charge in [0.2, 0.25) is 0 Å². The second-order valence-corrected chi connectivity index (χ2v) is 11.9. The predicted octanol–water partition coefficient (Wildman–Crippen LogP) is 2.35. The van der Waals surface area contributed by atoms with Gasteiger partial charge in [-0.3, -0.25) is 14.7 Å². The lowest BCUT2D eigenvalue weighted by Gasteiger charge is -2.41. The third-order valence-corrected chi connectivity index (χ3v) is 9.54. The van der Waals surface area contributed by atoms with Gasteiger partial charge in [0.1, 0.15) is 11.5 Å². The Bertz CT molecular complexity index is 1470. The van der Waals surface area contributed by atoms with Gasteiger partial charge in [-0.1, -0.05) is 0 Å². The molecule has 8 rings (SSSR count). The first kappa shape index (κ1) is 24.4. The molecule has 8 heterocycles. The number of pyridine rings is 1. The van der Waals surface area contributed by atoms with Gasteiger partial charge in [0.05, 0.1) is 73.7 Å². The number of ether oxygens (including phenoxy) is 2. The first-order chi connectivity index (χ1) is 19.6. The molecule has 0 radical (unpaired) electrons. The van der Waals surface area contributed by atoms with Crippen LogP contribution in [0, 0.1) is 5.41 Å². The van der Waals surface area contributed by atoms with E-state index < -0.39 is 0 Å². The number of aromatic nitrogens is 5. The van der Waals surface area contributed by atoms with Crippen molar-refractivity contribution in [2.45, 2.75) is 57.3 Å². The Morgan fingerprint density at radius 1 is 1.05 bits per heavy atom. The highest BCUT2D eigenvalue weighted by Crippen LogP contribution is 2.42. The number of nitrogens with two attached hydrogens (primary N) is 1. The lowest BCUT2D eigenvalue weighted by molar-refractivity contribution is -0.0286. The van der Waals surface area contributed by atoms with Crippen LogP contribution in [-0.4, -0.2) is 82.2 Å². The molecular formula is C29H35N9O2. The summed E-state index contributed by atoms with van der Waals surface area (Å²) < 4.78 is 13.2. The summed E-state index contributed by atoms with van der Waals surface area (Å²) in [5.41, 5.74) is 12.6. The number of aryl methyl sites for hydroxylation is 1. The summed E-state index contributed by atoms with van der Waals surface area (Å²) in [5, 5.41) is 4.53. The zero-order valence-electron chi connectivity index (χ0n) is 22.9. The molecule has 0 aliphatic carbocycles. The first-order valence-electron chi connectivity index (χ1n) is 14.5. The Morgan fingerprint density at radius 2 is 1.93 bits per heavy atom. The highest BCUT2D eigenvalue weighted by molar-refractivity contribution is 6.11. The topological polar surface area (TPSA) is 120 Å². The van der Waals surface area contributed by atoms with E-state index in [2.05, 4.69) is 40.2 Å². The Balaban J connectivity index is 0.998. The molecule has 0 aromatic carbocycles. The number of fused-ring (bicyclic) bond motifs is 2. The van der Waals surface area contributed by atoms with Gasteiger partial charge in [-0.15, -0.1) is 0 Å². The van der Waals surface area contributed by atoms with Crippen LogP contribution >= 0.6 is 0 Å². The average molecular weight is 542 g/mol. The molecule has 0 unspecified atom stereocenters. The third kappa shape index (κ3) is 3.86. The van der Waals surface area contributed by atoms with Crippen molar-refractivity contribution in [1.82, 2.24) is 24.7 Å². The van der Waals surface area contributed by atoms with E-state index in [1.54, 1.807) is 0 Å². The highest BCUT2D eigenvalue weighted by Gasteiger charge is 2.47. The maximum atomic E-state index is 6.52. The zero-order valence-corrected chi connectivity index (χ0v) is 22.9. The summed E-state index contributed by atoms with van der Waals surface area (Å²) in [6.07, 6.45) is 10.0. The van der Waals surface area contributed by atoms with Crippen molar-refractivity contribution in [3.63, 3.8) is 0 Å². The van der Waals surface area contributed by atoms with Gasteiger partial charge in [-0.25, -0.2) is 9.97 Å². The summed E-state index contributed by atoms with van der Waals surface area (Å²) in [4.78, 5) is 24.5. The standard InChI is InChI=1S/C29H35N9O2/c1-18-27(30)29(17-40-18)6-9-36(10-7-29)25-13-31-26-23(35-25)12-32-28(26)37-8-2-3-22-24(37)5-4-21(34-22)19-11-33-38(14-19)20-15-39-16-20/h4-5,11,13-14,18,20,27H,2-3,6-10,12,15-17,30H2,1H3/t18-,27+/m0/s1. The largest absolute Gasteiger partial charge is 0.377 e. The minimum Gasteiger partial charge on any atom is -0.377 e. The van der Waals surface area contributed by atoms with Gasteiger partial charge in [0.25, 0.3) is 0 Å². The van der Waals surface area contributed by atoms with Crippen molar-refractivity contribution < 1.29 is 9.47 Å². The van der Waals surface area contributed by atoms with E-state index in [1.807, 2.05) is 17.1 Å². The first-order valence-corrected chi connectivity index (χ1v) is 14.5. The van der Waals surface area contributed by atoms with Crippen molar-refractivity contribution in [1.29, 1.82) is 0 Å². The van der Waals surface area contributed by atoms with Crippen molar-refractivity contribution in [2.24, 2.45) is 16.1 Å². The van der Waals surface area contributed by atoms with Gasteiger partial charge in [-0.05, 0) is 44.7 Å². The summed E-state index contributed by atoms with van der Waals surface area (Å²) in [6, 6.07) is 4.70. The van der Waals surface area contributed by atoms with Gasteiger partial charge < -0.3 is 25.0 Å². The fourth-order valence-corrected chi connectivity index (χ4v) is 6.83. The van der Waals surface area contributed by atoms with E-state index in [-0.39, 0.29) is 17.6 Å². The fourth-order valence-electron chi connectivity index (χ4n) is 6.83. The van der Waals surface area contributed by atoms with E-state index in [4.69, 9.17) is 35.2 Å². The average Bonchev–Trinajstić information content (AvgIpc) is 3.67. The summed E-state index contributed by atoms with van der Waals surface area (Å²) in [6.45, 7) is 7.60. The third-order valence-electron chi connectivity index (χ3n) is 9.54.